The molecular weight excluding hydrogens is 540 g/mol. The van der Waals surface area contributed by atoms with E-state index >= 15 is 0 Å². The van der Waals surface area contributed by atoms with Crippen LogP contribution in [0.15, 0.2) is 0 Å². The van der Waals surface area contributed by atoms with Gasteiger partial charge in [0.25, 0.3) is 0 Å². The molecule has 0 rings (SSSR count). The van der Waals surface area contributed by atoms with Gasteiger partial charge in [-0.15, -0.1) is 6.42 Å². The van der Waals surface area contributed by atoms with Crippen molar-refractivity contribution in [2.45, 2.75) is 32.6 Å². The lowest BCUT2D eigenvalue weighted by atomic mass is 10.2. The van der Waals surface area contributed by atoms with Gasteiger partial charge in [0, 0.05) is 6.42 Å². The van der Waals surface area contributed by atoms with E-state index in [1.165, 1.54) is 0 Å². The summed E-state index contributed by atoms with van der Waals surface area (Å²) in [6.07, 6.45) is 8.57. The lowest BCUT2D eigenvalue weighted by Gasteiger charge is -2.09. The standard InChI is InChI=1S/C29H54O12/c1-3-5-6-7-29(30)41-28-27-40-26-25-39-24-23-38-22-21-37-20-19-36-18-17-35-16-15-34-14-13-33-12-11-32-10-9-31-8-4-2/h2H,3,5-28H2,1H3. The minimum absolute atomic E-state index is 0.160. The zero-order valence-electron chi connectivity index (χ0n) is 25.2. The molecule has 0 heterocycles. The molecule has 0 aliphatic carbocycles. The molecule has 0 amide bonds. The first-order chi connectivity index (χ1) is 20.3. The van der Waals surface area contributed by atoms with Gasteiger partial charge in [-0.1, -0.05) is 25.7 Å². The molecule has 12 heteroatoms. The summed E-state index contributed by atoms with van der Waals surface area (Å²) in [7, 11) is 0. The molecule has 41 heavy (non-hydrogen) atoms. The number of hydrogen-bond donors (Lipinski definition) is 0. The fourth-order valence-corrected chi connectivity index (χ4v) is 2.92. The fraction of sp³-hybridized carbons (Fsp3) is 0.897. The molecule has 0 fully saturated rings. The highest BCUT2D eigenvalue weighted by molar-refractivity contribution is 5.69. The minimum atomic E-state index is -0.160. The zero-order valence-corrected chi connectivity index (χ0v) is 25.2. The van der Waals surface area contributed by atoms with Crippen LogP contribution in [0.5, 0.6) is 0 Å². The van der Waals surface area contributed by atoms with Gasteiger partial charge in [-0.2, -0.15) is 0 Å². The van der Waals surface area contributed by atoms with Gasteiger partial charge < -0.3 is 52.1 Å². The molecule has 0 N–H and O–H groups in total. The Labute approximate surface area is 246 Å². The molecule has 0 aliphatic rings. The Kier molecular flexibility index (Phi) is 35.4. The van der Waals surface area contributed by atoms with E-state index in [1.807, 2.05) is 0 Å². The number of unbranched alkanes of at least 4 members (excludes halogenated alkanes) is 2. The van der Waals surface area contributed by atoms with Crippen LogP contribution in [0.1, 0.15) is 32.6 Å². The first kappa shape index (κ1) is 39.6. The third-order valence-electron chi connectivity index (χ3n) is 5.01. The molecular formula is C29H54O12. The number of hydrogen-bond acceptors (Lipinski definition) is 12. The van der Waals surface area contributed by atoms with E-state index in [4.69, 9.17) is 58.5 Å². The summed E-state index contributed by atoms with van der Waals surface area (Å²) in [5.74, 6) is 2.23. The molecule has 0 atom stereocenters. The Balaban J connectivity index is 3.07. The van der Waals surface area contributed by atoms with Crippen molar-refractivity contribution in [2.75, 3.05) is 139 Å². The number of terminal acetylenes is 1. The summed E-state index contributed by atoms with van der Waals surface area (Å²) in [5, 5.41) is 0. The van der Waals surface area contributed by atoms with Crippen molar-refractivity contribution in [3.8, 4) is 12.3 Å². The molecule has 0 unspecified atom stereocenters. The van der Waals surface area contributed by atoms with Crippen molar-refractivity contribution in [2.24, 2.45) is 0 Å². The van der Waals surface area contributed by atoms with Gasteiger partial charge in [0.1, 0.15) is 13.2 Å². The van der Waals surface area contributed by atoms with Gasteiger partial charge in [-0.3, -0.25) is 4.79 Å². The second-order valence-corrected chi connectivity index (χ2v) is 8.45. The molecule has 0 bridgehead atoms. The Morgan fingerprint density at radius 3 is 1.05 bits per heavy atom. The quantitative estimate of drug-likeness (QED) is 0.0606. The van der Waals surface area contributed by atoms with Crippen LogP contribution < -0.4 is 0 Å². The average molecular weight is 595 g/mol. The number of carbonyl (C=O) groups is 1. The topological polar surface area (TPSA) is 119 Å². The van der Waals surface area contributed by atoms with Crippen LogP contribution in [-0.2, 0) is 56.9 Å². The smallest absolute Gasteiger partial charge is 0.305 e. The van der Waals surface area contributed by atoms with E-state index in [1.54, 1.807) is 0 Å². The van der Waals surface area contributed by atoms with Crippen LogP contribution in [0, 0.1) is 12.3 Å². The van der Waals surface area contributed by atoms with E-state index in [9.17, 15) is 4.79 Å². The average Bonchev–Trinajstić information content (AvgIpc) is 2.98. The predicted molar refractivity (Wildman–Crippen MR) is 152 cm³/mol. The third kappa shape index (κ3) is 36.6. The molecule has 12 nitrogen and oxygen atoms in total. The maximum atomic E-state index is 11.4. The minimum Gasteiger partial charge on any atom is -0.463 e. The molecule has 0 aromatic carbocycles. The Morgan fingerprint density at radius 2 is 0.756 bits per heavy atom. The second-order valence-electron chi connectivity index (χ2n) is 8.45. The second kappa shape index (κ2) is 36.7. The highest BCUT2D eigenvalue weighted by Gasteiger charge is 2.02. The summed E-state index contributed by atoms with van der Waals surface area (Å²) >= 11 is 0. The van der Waals surface area contributed by atoms with E-state index in [0.717, 1.165) is 19.3 Å². The van der Waals surface area contributed by atoms with Gasteiger partial charge in [0.15, 0.2) is 0 Å². The van der Waals surface area contributed by atoms with Crippen molar-refractivity contribution >= 4 is 5.97 Å². The van der Waals surface area contributed by atoms with Gasteiger partial charge >= 0.3 is 5.97 Å². The van der Waals surface area contributed by atoms with Crippen LogP contribution in [0.25, 0.3) is 0 Å². The summed E-state index contributed by atoms with van der Waals surface area (Å²) in [6, 6.07) is 0. The summed E-state index contributed by atoms with van der Waals surface area (Å²) in [6.45, 7) is 12.0. The van der Waals surface area contributed by atoms with Gasteiger partial charge in [-0.05, 0) is 6.42 Å². The SMILES string of the molecule is C#CCOCCOCCOCCOCCOCCOCCOCCOCCOCCOCCOC(=O)CCCCC. The van der Waals surface area contributed by atoms with Crippen molar-refractivity contribution < 1.29 is 56.9 Å². The third-order valence-corrected chi connectivity index (χ3v) is 5.01. The van der Waals surface area contributed by atoms with Crippen molar-refractivity contribution in [1.29, 1.82) is 0 Å². The highest BCUT2D eigenvalue weighted by Crippen LogP contribution is 2.00. The van der Waals surface area contributed by atoms with Gasteiger partial charge in [-0.25, -0.2) is 0 Å². The van der Waals surface area contributed by atoms with Crippen molar-refractivity contribution in [3.63, 3.8) is 0 Å². The Morgan fingerprint density at radius 1 is 0.463 bits per heavy atom. The largest absolute Gasteiger partial charge is 0.463 e. The number of rotatable bonds is 35. The van der Waals surface area contributed by atoms with Crippen LogP contribution in [-0.4, -0.2) is 145 Å². The lowest BCUT2D eigenvalue weighted by molar-refractivity contribution is -0.145. The molecule has 0 aromatic heterocycles. The molecule has 0 aliphatic heterocycles. The van der Waals surface area contributed by atoms with E-state index in [2.05, 4.69) is 12.8 Å². The first-order valence-corrected chi connectivity index (χ1v) is 14.7. The number of carbonyl (C=O) groups excluding carboxylic acids is 1. The molecule has 0 spiro atoms. The van der Waals surface area contributed by atoms with Gasteiger partial charge in [0.2, 0.25) is 0 Å². The molecule has 242 valence electrons. The zero-order chi connectivity index (χ0) is 29.7. The molecule has 0 radical (unpaired) electrons. The van der Waals surface area contributed by atoms with E-state index in [0.29, 0.717) is 139 Å². The molecule has 0 saturated carbocycles. The molecule has 0 aromatic rings. The maximum absolute atomic E-state index is 11.4. The summed E-state index contributed by atoms with van der Waals surface area (Å²) < 4.78 is 58.9. The lowest BCUT2D eigenvalue weighted by Crippen LogP contribution is -2.15. The fourth-order valence-electron chi connectivity index (χ4n) is 2.92. The van der Waals surface area contributed by atoms with Crippen LogP contribution in [0.2, 0.25) is 0 Å². The predicted octanol–water partition coefficient (Wildman–Crippen LogP) is 1.91. The van der Waals surface area contributed by atoms with Crippen molar-refractivity contribution in [1.82, 2.24) is 0 Å². The highest BCUT2D eigenvalue weighted by atomic mass is 16.6. The number of ether oxygens (including phenoxy) is 11. The maximum Gasteiger partial charge on any atom is 0.305 e. The van der Waals surface area contributed by atoms with Gasteiger partial charge in [0.05, 0.1) is 126 Å². The Bertz CT molecular complexity index is 558. The van der Waals surface area contributed by atoms with E-state index in [-0.39, 0.29) is 12.6 Å². The first-order valence-electron chi connectivity index (χ1n) is 14.7. The van der Waals surface area contributed by atoms with Crippen LogP contribution in [0.4, 0.5) is 0 Å². The monoisotopic (exact) mass is 594 g/mol. The van der Waals surface area contributed by atoms with Crippen LogP contribution >= 0.6 is 0 Å². The summed E-state index contributed by atoms with van der Waals surface area (Å²) in [4.78, 5) is 11.4. The van der Waals surface area contributed by atoms with E-state index < -0.39 is 0 Å². The molecule has 0 saturated heterocycles. The number of esters is 1. The van der Waals surface area contributed by atoms with Crippen LogP contribution in [0.3, 0.4) is 0 Å². The normalized spacial score (nSPS) is 11.1. The Hall–Kier alpha value is -1.37. The summed E-state index contributed by atoms with van der Waals surface area (Å²) in [5.41, 5.74) is 0. The van der Waals surface area contributed by atoms with Crippen molar-refractivity contribution in [3.05, 3.63) is 0 Å².